The molecule has 0 saturated heterocycles. The molecule has 0 aliphatic carbocycles. The molecule has 0 fully saturated rings. The third kappa shape index (κ3) is 6.73. The molecule has 1 aromatic carbocycles. The van der Waals surface area contributed by atoms with Crippen molar-refractivity contribution in [2.75, 3.05) is 37.2 Å². The van der Waals surface area contributed by atoms with E-state index in [4.69, 9.17) is 27.7 Å². The van der Waals surface area contributed by atoms with E-state index in [1.54, 1.807) is 18.2 Å². The molecule has 172 valence electrons. The summed E-state index contributed by atoms with van der Waals surface area (Å²) in [7, 11) is -2.45. The molecule has 0 bridgehead atoms. The summed E-state index contributed by atoms with van der Waals surface area (Å²) in [6, 6.07) is 4.82. The van der Waals surface area contributed by atoms with Gasteiger partial charge in [0.05, 0.1) is 22.3 Å². The van der Waals surface area contributed by atoms with Gasteiger partial charge in [0.2, 0.25) is 10.0 Å². The number of hydrogen-bond acceptors (Lipinski definition) is 6. The van der Waals surface area contributed by atoms with Crippen molar-refractivity contribution < 1.29 is 22.8 Å². The van der Waals surface area contributed by atoms with Crippen LogP contribution in [0.25, 0.3) is 11.3 Å². The lowest BCUT2D eigenvalue weighted by molar-refractivity contribution is 0.149. The largest absolute Gasteiger partial charge is 0.465 e. The summed E-state index contributed by atoms with van der Waals surface area (Å²) in [5, 5.41) is 13.6. The molecule has 2 aromatic rings. The Balaban J connectivity index is 2.38. The van der Waals surface area contributed by atoms with Gasteiger partial charge in [-0.2, -0.15) is 0 Å². The van der Waals surface area contributed by atoms with E-state index in [0.29, 0.717) is 18.5 Å². The van der Waals surface area contributed by atoms with Crippen molar-refractivity contribution >= 4 is 45.0 Å². The van der Waals surface area contributed by atoms with E-state index in [2.05, 4.69) is 14.8 Å². The van der Waals surface area contributed by atoms with Crippen LogP contribution in [-0.2, 0) is 16.6 Å². The Kier molecular flexibility index (Phi) is 8.99. The number of nitrogens with zero attached hydrogens (tertiary/aromatic N) is 3. The predicted octanol–water partition coefficient (Wildman–Crippen LogP) is 4.23. The highest BCUT2D eigenvalue weighted by Gasteiger charge is 2.26. The Hall–Kier alpha value is -2.01. The molecule has 0 aliphatic heterocycles. The number of nitrogens with one attached hydrogen (secondary N) is 1. The maximum Gasteiger partial charge on any atom is 0.407 e. The standard InChI is InChI=1S/C19H26Cl2N4O5S/c1-4-25(5-2)10-7-11-31(28,29)23-17-15(12-24(3)19(26)27)30-22-18(17)16-13(20)8-6-9-14(16)21/h6,8-9,23H,4-5,7,10-12H2,1-3H3,(H,26,27). The summed E-state index contributed by atoms with van der Waals surface area (Å²) in [5.74, 6) is -0.0957. The first-order chi connectivity index (χ1) is 14.6. The van der Waals surface area contributed by atoms with Crippen LogP contribution in [0.5, 0.6) is 0 Å². The maximum absolute atomic E-state index is 12.8. The van der Waals surface area contributed by atoms with Gasteiger partial charge in [0.1, 0.15) is 11.4 Å². The second-order valence-corrected chi connectivity index (χ2v) is 9.52. The lowest BCUT2D eigenvalue weighted by atomic mass is 10.1. The number of sulfonamides is 1. The minimum Gasteiger partial charge on any atom is -0.465 e. The van der Waals surface area contributed by atoms with Gasteiger partial charge in [-0.3, -0.25) is 4.72 Å². The topological polar surface area (TPSA) is 116 Å². The van der Waals surface area contributed by atoms with Gasteiger partial charge in [-0.05, 0) is 38.2 Å². The number of halogens is 2. The number of anilines is 1. The van der Waals surface area contributed by atoms with Crippen LogP contribution in [-0.4, -0.2) is 67.0 Å². The Morgan fingerprint density at radius 3 is 2.39 bits per heavy atom. The fourth-order valence-corrected chi connectivity index (χ4v) is 4.65. The van der Waals surface area contributed by atoms with E-state index >= 15 is 0 Å². The zero-order chi connectivity index (χ0) is 23.2. The van der Waals surface area contributed by atoms with E-state index in [1.165, 1.54) is 7.05 Å². The van der Waals surface area contributed by atoms with E-state index in [1.807, 2.05) is 13.8 Å². The zero-order valence-corrected chi connectivity index (χ0v) is 19.9. The van der Waals surface area contributed by atoms with E-state index in [-0.39, 0.29) is 39.5 Å². The van der Waals surface area contributed by atoms with Gasteiger partial charge < -0.3 is 19.4 Å². The van der Waals surface area contributed by atoms with Crippen molar-refractivity contribution in [3.63, 3.8) is 0 Å². The number of hydrogen-bond donors (Lipinski definition) is 2. The van der Waals surface area contributed by atoms with Crippen molar-refractivity contribution in [2.45, 2.75) is 26.8 Å². The van der Waals surface area contributed by atoms with Crippen LogP contribution in [0.3, 0.4) is 0 Å². The Labute approximate surface area is 191 Å². The molecule has 1 amide bonds. The molecule has 0 radical (unpaired) electrons. The SMILES string of the molecule is CCN(CC)CCCS(=O)(=O)Nc1c(-c2c(Cl)cccc2Cl)noc1CN(C)C(=O)O. The number of carbonyl (C=O) groups is 1. The van der Waals surface area contributed by atoms with Crippen LogP contribution < -0.4 is 4.72 Å². The van der Waals surface area contributed by atoms with Gasteiger partial charge in [0.15, 0.2) is 5.76 Å². The van der Waals surface area contributed by atoms with Gasteiger partial charge in [0, 0.05) is 12.6 Å². The Morgan fingerprint density at radius 1 is 1.23 bits per heavy atom. The van der Waals surface area contributed by atoms with E-state index in [0.717, 1.165) is 18.0 Å². The van der Waals surface area contributed by atoms with Crippen LogP contribution in [0.15, 0.2) is 22.7 Å². The van der Waals surface area contributed by atoms with Gasteiger partial charge in [-0.1, -0.05) is 48.3 Å². The number of amides is 1. The van der Waals surface area contributed by atoms with Crippen LogP contribution in [0, 0.1) is 0 Å². The third-order valence-corrected chi connectivity index (χ3v) is 6.68. The molecule has 0 aliphatic rings. The molecule has 31 heavy (non-hydrogen) atoms. The molecular weight excluding hydrogens is 467 g/mol. The molecule has 1 aromatic heterocycles. The molecule has 0 atom stereocenters. The second-order valence-electron chi connectivity index (χ2n) is 6.87. The molecule has 0 unspecified atom stereocenters. The zero-order valence-electron chi connectivity index (χ0n) is 17.6. The summed E-state index contributed by atoms with van der Waals surface area (Å²) in [6.07, 6.45) is -0.781. The smallest absolute Gasteiger partial charge is 0.407 e. The third-order valence-electron chi connectivity index (χ3n) is 4.71. The number of carboxylic acid groups (broad SMARTS) is 1. The summed E-state index contributed by atoms with van der Waals surface area (Å²) < 4.78 is 33.4. The molecule has 9 nitrogen and oxygen atoms in total. The van der Waals surface area contributed by atoms with Gasteiger partial charge in [0.25, 0.3) is 0 Å². The van der Waals surface area contributed by atoms with Gasteiger partial charge >= 0.3 is 6.09 Å². The van der Waals surface area contributed by atoms with E-state index in [9.17, 15) is 18.3 Å². The highest BCUT2D eigenvalue weighted by Crippen LogP contribution is 2.40. The summed E-state index contributed by atoms with van der Waals surface area (Å²) in [6.45, 7) is 6.10. The first-order valence-corrected chi connectivity index (χ1v) is 12.1. The second kappa shape index (κ2) is 11.0. The van der Waals surface area contributed by atoms with Crippen molar-refractivity contribution in [2.24, 2.45) is 0 Å². The van der Waals surface area contributed by atoms with Crippen LogP contribution >= 0.6 is 23.2 Å². The minimum atomic E-state index is -3.78. The minimum absolute atomic E-state index is 0.0194. The monoisotopic (exact) mass is 492 g/mol. The van der Waals surface area contributed by atoms with Crippen LogP contribution in [0.1, 0.15) is 26.0 Å². The highest BCUT2D eigenvalue weighted by molar-refractivity contribution is 7.92. The molecular formula is C19H26Cl2N4O5S. The molecule has 0 saturated carbocycles. The quantitative estimate of drug-likeness (QED) is 0.481. The Bertz CT molecular complexity index is 988. The molecule has 12 heteroatoms. The van der Waals surface area contributed by atoms with Crippen molar-refractivity contribution in [1.29, 1.82) is 0 Å². The number of rotatable bonds is 11. The van der Waals surface area contributed by atoms with Crippen molar-refractivity contribution in [3.05, 3.63) is 34.0 Å². The Morgan fingerprint density at radius 2 is 1.84 bits per heavy atom. The number of aromatic nitrogens is 1. The van der Waals surface area contributed by atoms with Gasteiger partial charge in [-0.25, -0.2) is 13.2 Å². The summed E-state index contributed by atoms with van der Waals surface area (Å²) in [4.78, 5) is 14.3. The predicted molar refractivity (Wildman–Crippen MR) is 121 cm³/mol. The average molecular weight is 493 g/mol. The lowest BCUT2D eigenvalue weighted by Crippen LogP contribution is -2.27. The van der Waals surface area contributed by atoms with Crippen molar-refractivity contribution in [1.82, 2.24) is 15.0 Å². The lowest BCUT2D eigenvalue weighted by Gasteiger charge is -2.18. The molecule has 1 heterocycles. The van der Waals surface area contributed by atoms with Gasteiger partial charge in [-0.15, -0.1) is 0 Å². The van der Waals surface area contributed by atoms with Crippen molar-refractivity contribution in [3.8, 4) is 11.3 Å². The fourth-order valence-electron chi connectivity index (χ4n) is 2.94. The average Bonchev–Trinajstić information content (AvgIpc) is 3.06. The molecule has 0 spiro atoms. The highest BCUT2D eigenvalue weighted by atomic mass is 35.5. The van der Waals surface area contributed by atoms with Crippen LogP contribution in [0.4, 0.5) is 10.5 Å². The fraction of sp³-hybridized carbons (Fsp3) is 0.474. The van der Waals surface area contributed by atoms with E-state index < -0.39 is 16.1 Å². The summed E-state index contributed by atoms with van der Waals surface area (Å²) >= 11 is 12.5. The first-order valence-electron chi connectivity index (χ1n) is 9.69. The normalized spacial score (nSPS) is 11.7. The first kappa shape index (κ1) is 25.3. The van der Waals surface area contributed by atoms with Crippen LogP contribution in [0.2, 0.25) is 10.0 Å². The summed E-state index contributed by atoms with van der Waals surface area (Å²) in [5.41, 5.74) is 0.405. The molecule has 2 rings (SSSR count). The number of benzene rings is 1. The maximum atomic E-state index is 12.8. The molecule has 2 N–H and O–H groups in total.